The lowest BCUT2D eigenvalue weighted by atomic mass is 10.1. The van der Waals surface area contributed by atoms with Crippen molar-refractivity contribution in [3.8, 4) is 0 Å². The summed E-state index contributed by atoms with van der Waals surface area (Å²) in [4.78, 5) is 28.4. The van der Waals surface area contributed by atoms with E-state index in [-0.39, 0.29) is 17.4 Å². The summed E-state index contributed by atoms with van der Waals surface area (Å²) in [6, 6.07) is 5.27. The van der Waals surface area contributed by atoms with E-state index < -0.39 is 0 Å². The Morgan fingerprint density at radius 1 is 1.21 bits per heavy atom. The third-order valence-corrected chi connectivity index (χ3v) is 4.52. The van der Waals surface area contributed by atoms with Crippen molar-refractivity contribution in [2.75, 3.05) is 32.7 Å². The van der Waals surface area contributed by atoms with Crippen molar-refractivity contribution in [1.82, 2.24) is 15.1 Å². The predicted molar refractivity (Wildman–Crippen MR) is 99.4 cm³/mol. The van der Waals surface area contributed by atoms with Gasteiger partial charge in [0.15, 0.2) is 0 Å². The van der Waals surface area contributed by atoms with Crippen LogP contribution in [0.3, 0.4) is 0 Å². The van der Waals surface area contributed by atoms with Crippen molar-refractivity contribution in [2.45, 2.75) is 26.3 Å². The third kappa shape index (κ3) is 5.46. The topological polar surface area (TPSA) is 52.7 Å². The minimum atomic E-state index is -0.230. The molecule has 1 heterocycles. The van der Waals surface area contributed by atoms with Gasteiger partial charge in [-0.1, -0.05) is 27.5 Å². The summed E-state index contributed by atoms with van der Waals surface area (Å²) >= 11 is 9.50. The predicted octanol–water partition coefficient (Wildman–Crippen LogP) is 2.78. The van der Waals surface area contributed by atoms with Crippen LogP contribution in [0.5, 0.6) is 0 Å². The summed E-state index contributed by atoms with van der Waals surface area (Å²) in [6.07, 6.45) is 0. The third-order valence-electron chi connectivity index (χ3n) is 3.70. The van der Waals surface area contributed by atoms with E-state index in [2.05, 4.69) is 26.1 Å². The fourth-order valence-electron chi connectivity index (χ4n) is 2.60. The van der Waals surface area contributed by atoms with Crippen molar-refractivity contribution in [3.05, 3.63) is 33.3 Å². The van der Waals surface area contributed by atoms with Gasteiger partial charge >= 0.3 is 0 Å². The summed E-state index contributed by atoms with van der Waals surface area (Å²) in [5.41, 5.74) is 0.275. The fourth-order valence-corrected chi connectivity index (χ4v) is 3.16. The highest BCUT2D eigenvalue weighted by Crippen LogP contribution is 2.23. The number of hydrogen-bond donors (Lipinski definition) is 1. The fraction of sp³-hybridized carbons (Fsp3) is 0.529. The molecule has 24 heavy (non-hydrogen) atoms. The Morgan fingerprint density at radius 2 is 1.83 bits per heavy atom. The van der Waals surface area contributed by atoms with Gasteiger partial charge < -0.3 is 10.2 Å². The van der Waals surface area contributed by atoms with Crippen molar-refractivity contribution < 1.29 is 9.59 Å². The van der Waals surface area contributed by atoms with Crippen LogP contribution >= 0.6 is 27.5 Å². The molecule has 2 rings (SSSR count). The summed E-state index contributed by atoms with van der Waals surface area (Å²) in [5.74, 6) is -0.0580. The lowest BCUT2D eigenvalue weighted by Crippen LogP contribution is -2.52. The first-order chi connectivity index (χ1) is 11.2. The highest BCUT2D eigenvalue weighted by atomic mass is 79.9. The molecule has 0 unspecified atom stereocenters. The number of nitrogens with zero attached hydrogens (tertiary/aromatic N) is 2. The molecule has 1 saturated heterocycles. The normalized spacial score (nSPS) is 16.1. The molecular formula is C17H23BrClN3O2. The first-order valence-electron chi connectivity index (χ1n) is 7.93. The van der Waals surface area contributed by atoms with E-state index in [1.807, 2.05) is 26.8 Å². The number of amides is 2. The largest absolute Gasteiger partial charge is 0.350 e. The van der Waals surface area contributed by atoms with E-state index in [9.17, 15) is 9.59 Å². The Balaban J connectivity index is 1.89. The smallest absolute Gasteiger partial charge is 0.255 e. The molecule has 0 spiro atoms. The van der Waals surface area contributed by atoms with Gasteiger partial charge in [-0.3, -0.25) is 14.5 Å². The highest BCUT2D eigenvalue weighted by Gasteiger charge is 2.25. The molecule has 0 bridgehead atoms. The maximum atomic E-state index is 12.6. The van der Waals surface area contributed by atoms with Gasteiger partial charge in [0.05, 0.1) is 17.1 Å². The first kappa shape index (κ1) is 19.2. The minimum absolute atomic E-state index is 0.0114. The first-order valence-corrected chi connectivity index (χ1v) is 9.10. The molecular weight excluding hydrogens is 394 g/mol. The van der Waals surface area contributed by atoms with E-state index in [0.29, 0.717) is 43.3 Å². The van der Waals surface area contributed by atoms with Crippen molar-refractivity contribution in [3.63, 3.8) is 0 Å². The van der Waals surface area contributed by atoms with Gasteiger partial charge in [-0.15, -0.1) is 0 Å². The van der Waals surface area contributed by atoms with Gasteiger partial charge in [-0.05, 0) is 39.0 Å². The van der Waals surface area contributed by atoms with E-state index in [1.54, 1.807) is 17.0 Å². The Morgan fingerprint density at radius 3 is 2.42 bits per heavy atom. The Kier molecular flexibility index (Phi) is 6.28. The van der Waals surface area contributed by atoms with Crippen LogP contribution in [0, 0.1) is 0 Å². The minimum Gasteiger partial charge on any atom is -0.350 e. The van der Waals surface area contributed by atoms with Crippen LogP contribution in [0.15, 0.2) is 22.7 Å². The summed E-state index contributed by atoms with van der Waals surface area (Å²) in [7, 11) is 0. The number of carbonyl (C=O) groups is 2. The molecule has 1 aromatic rings. The standard InChI is InChI=1S/C17H23BrClN3O2/c1-17(2,3)20-15(23)11-21-6-8-22(9-7-21)16(24)13-10-12(18)4-5-14(13)19/h4-5,10H,6-9,11H2,1-3H3,(H,20,23). The molecule has 1 aromatic carbocycles. The molecule has 132 valence electrons. The quantitative estimate of drug-likeness (QED) is 0.824. The zero-order valence-electron chi connectivity index (χ0n) is 14.2. The van der Waals surface area contributed by atoms with Gasteiger partial charge in [-0.2, -0.15) is 0 Å². The molecule has 5 nitrogen and oxygen atoms in total. The van der Waals surface area contributed by atoms with Crippen LogP contribution in [-0.2, 0) is 4.79 Å². The average Bonchev–Trinajstić information content (AvgIpc) is 2.48. The van der Waals surface area contributed by atoms with Crippen LogP contribution in [0.2, 0.25) is 5.02 Å². The average molecular weight is 417 g/mol. The molecule has 0 aromatic heterocycles. The second-order valence-electron chi connectivity index (χ2n) is 6.99. The molecule has 1 aliphatic heterocycles. The molecule has 0 saturated carbocycles. The van der Waals surface area contributed by atoms with E-state index >= 15 is 0 Å². The number of halogens is 2. The lowest BCUT2D eigenvalue weighted by Gasteiger charge is -2.35. The van der Waals surface area contributed by atoms with Crippen LogP contribution < -0.4 is 5.32 Å². The molecule has 0 atom stereocenters. The number of rotatable bonds is 3. The van der Waals surface area contributed by atoms with E-state index in [1.165, 1.54) is 0 Å². The van der Waals surface area contributed by atoms with Gasteiger partial charge in [0.1, 0.15) is 0 Å². The monoisotopic (exact) mass is 415 g/mol. The van der Waals surface area contributed by atoms with E-state index in [4.69, 9.17) is 11.6 Å². The number of benzene rings is 1. The Bertz CT molecular complexity index is 623. The number of hydrogen-bond acceptors (Lipinski definition) is 3. The van der Waals surface area contributed by atoms with Crippen LogP contribution in [-0.4, -0.2) is 59.9 Å². The second-order valence-corrected chi connectivity index (χ2v) is 8.31. The number of carbonyl (C=O) groups excluding carboxylic acids is 2. The van der Waals surface area contributed by atoms with Gasteiger partial charge in [0.25, 0.3) is 5.91 Å². The Labute approximate surface area is 156 Å². The summed E-state index contributed by atoms with van der Waals surface area (Å²) in [5, 5.41) is 3.41. The van der Waals surface area contributed by atoms with Crippen LogP contribution in [0.1, 0.15) is 31.1 Å². The molecule has 0 aliphatic carbocycles. The van der Waals surface area contributed by atoms with Crippen molar-refractivity contribution in [1.29, 1.82) is 0 Å². The van der Waals surface area contributed by atoms with Gasteiger partial charge in [-0.25, -0.2) is 0 Å². The summed E-state index contributed by atoms with van der Waals surface area (Å²) in [6.45, 7) is 8.77. The Hall–Kier alpha value is -1.11. The molecule has 7 heteroatoms. The van der Waals surface area contributed by atoms with Gasteiger partial charge in [0, 0.05) is 36.2 Å². The number of piperazine rings is 1. The molecule has 1 N–H and O–H groups in total. The molecule has 1 fully saturated rings. The maximum Gasteiger partial charge on any atom is 0.255 e. The van der Waals surface area contributed by atoms with Crippen molar-refractivity contribution in [2.24, 2.45) is 0 Å². The SMILES string of the molecule is CC(C)(C)NC(=O)CN1CCN(C(=O)c2cc(Br)ccc2Cl)CC1. The second kappa shape index (κ2) is 7.85. The summed E-state index contributed by atoms with van der Waals surface area (Å²) < 4.78 is 0.827. The molecule has 2 amide bonds. The highest BCUT2D eigenvalue weighted by molar-refractivity contribution is 9.10. The van der Waals surface area contributed by atoms with Crippen LogP contribution in [0.25, 0.3) is 0 Å². The molecule has 0 radical (unpaired) electrons. The molecule has 1 aliphatic rings. The van der Waals surface area contributed by atoms with E-state index in [0.717, 1.165) is 4.47 Å². The van der Waals surface area contributed by atoms with Crippen molar-refractivity contribution >= 4 is 39.3 Å². The van der Waals surface area contributed by atoms with Gasteiger partial charge in [0.2, 0.25) is 5.91 Å². The zero-order valence-corrected chi connectivity index (χ0v) is 16.6. The maximum absolute atomic E-state index is 12.6. The number of nitrogens with one attached hydrogen (secondary N) is 1. The van der Waals surface area contributed by atoms with Crippen LogP contribution in [0.4, 0.5) is 0 Å². The zero-order chi connectivity index (χ0) is 17.9. The lowest BCUT2D eigenvalue weighted by molar-refractivity contribution is -0.124.